The molecule has 1 heterocycles. The Balaban J connectivity index is 1.53. The first-order valence-corrected chi connectivity index (χ1v) is 9.18. The summed E-state index contributed by atoms with van der Waals surface area (Å²) in [5.74, 6) is -0.753. The normalized spacial score (nSPS) is 14.5. The van der Waals surface area contributed by atoms with Crippen molar-refractivity contribution in [3.8, 4) is 0 Å². The Labute approximate surface area is 145 Å². The third kappa shape index (κ3) is 4.03. The summed E-state index contributed by atoms with van der Waals surface area (Å²) in [6.45, 7) is 1.69. The molecule has 0 saturated heterocycles. The summed E-state index contributed by atoms with van der Waals surface area (Å²) in [4.78, 5) is 23.7. The molecule has 1 amide bonds. The maximum Gasteiger partial charge on any atom is 0.339 e. The minimum Gasteiger partial charge on any atom is -0.452 e. The summed E-state index contributed by atoms with van der Waals surface area (Å²) in [6.07, 6.45) is 4.75. The number of hydrogen-bond donors (Lipinski definition) is 1. The molecule has 1 aliphatic rings. The first kappa shape index (κ1) is 16.7. The van der Waals surface area contributed by atoms with Gasteiger partial charge in [0.2, 0.25) is 0 Å². The first-order valence-electron chi connectivity index (χ1n) is 8.24. The molecule has 0 unspecified atom stereocenters. The summed E-state index contributed by atoms with van der Waals surface area (Å²) in [5.41, 5.74) is 4.39. The Kier molecular flexibility index (Phi) is 5.30. The Bertz CT molecular complexity index is 724. The third-order valence-electron chi connectivity index (χ3n) is 4.34. The van der Waals surface area contributed by atoms with Gasteiger partial charge in [0, 0.05) is 5.38 Å². The van der Waals surface area contributed by atoms with Gasteiger partial charge < -0.3 is 10.1 Å². The van der Waals surface area contributed by atoms with Crippen molar-refractivity contribution in [2.24, 2.45) is 0 Å². The molecule has 126 valence electrons. The van der Waals surface area contributed by atoms with E-state index in [1.54, 1.807) is 16.8 Å². The van der Waals surface area contributed by atoms with Crippen LogP contribution in [0.15, 0.2) is 35.0 Å². The van der Waals surface area contributed by atoms with Gasteiger partial charge in [0.15, 0.2) is 6.61 Å². The molecule has 0 fully saturated rings. The molecule has 1 aromatic carbocycles. The van der Waals surface area contributed by atoms with Crippen LogP contribution in [0.5, 0.6) is 0 Å². The highest BCUT2D eigenvalue weighted by Gasteiger charge is 2.15. The van der Waals surface area contributed by atoms with Crippen LogP contribution in [0.1, 0.15) is 52.9 Å². The van der Waals surface area contributed by atoms with Crippen molar-refractivity contribution in [1.82, 2.24) is 5.32 Å². The van der Waals surface area contributed by atoms with E-state index in [-0.39, 0.29) is 18.6 Å². The van der Waals surface area contributed by atoms with Crippen LogP contribution in [-0.2, 0) is 22.4 Å². The number of thiophene rings is 1. The second-order valence-corrected chi connectivity index (χ2v) is 6.89. The van der Waals surface area contributed by atoms with Gasteiger partial charge in [0.25, 0.3) is 5.91 Å². The second kappa shape index (κ2) is 7.62. The summed E-state index contributed by atoms with van der Waals surface area (Å²) >= 11 is 1.42. The second-order valence-electron chi connectivity index (χ2n) is 6.11. The van der Waals surface area contributed by atoms with E-state index in [1.807, 2.05) is 6.92 Å². The molecule has 2 aromatic rings. The van der Waals surface area contributed by atoms with Crippen molar-refractivity contribution < 1.29 is 14.3 Å². The monoisotopic (exact) mass is 343 g/mol. The lowest BCUT2D eigenvalue weighted by atomic mass is 9.89. The Morgan fingerprint density at radius 3 is 2.75 bits per heavy atom. The smallest absolute Gasteiger partial charge is 0.339 e. The van der Waals surface area contributed by atoms with Gasteiger partial charge in [-0.1, -0.05) is 18.2 Å². The number of aryl methyl sites for hydroxylation is 2. The number of benzene rings is 1. The average Bonchev–Trinajstić information content (AvgIpc) is 3.14. The number of carbonyl (C=O) groups is 2. The Morgan fingerprint density at radius 2 is 2.00 bits per heavy atom. The van der Waals surface area contributed by atoms with E-state index in [1.165, 1.54) is 35.3 Å². The molecule has 0 bridgehead atoms. The van der Waals surface area contributed by atoms with Crippen LogP contribution in [0.4, 0.5) is 0 Å². The topological polar surface area (TPSA) is 55.4 Å². The zero-order valence-electron chi connectivity index (χ0n) is 13.7. The van der Waals surface area contributed by atoms with Gasteiger partial charge >= 0.3 is 5.97 Å². The number of fused-ring (bicyclic) bond motifs is 1. The number of esters is 1. The zero-order valence-corrected chi connectivity index (χ0v) is 14.5. The fourth-order valence-electron chi connectivity index (χ4n) is 2.98. The van der Waals surface area contributed by atoms with E-state index in [2.05, 4.69) is 23.5 Å². The van der Waals surface area contributed by atoms with Crippen LogP contribution in [0.25, 0.3) is 0 Å². The minimum atomic E-state index is -0.465. The molecule has 0 radical (unpaired) electrons. The van der Waals surface area contributed by atoms with Gasteiger partial charge in [-0.25, -0.2) is 4.79 Å². The molecular weight excluding hydrogens is 322 g/mol. The Hall–Kier alpha value is -2.14. The van der Waals surface area contributed by atoms with Gasteiger partial charge in [-0.15, -0.1) is 0 Å². The van der Waals surface area contributed by atoms with E-state index in [0.29, 0.717) is 5.56 Å². The van der Waals surface area contributed by atoms with Gasteiger partial charge in [-0.3, -0.25) is 4.79 Å². The van der Waals surface area contributed by atoms with Crippen molar-refractivity contribution in [3.63, 3.8) is 0 Å². The fraction of sp³-hybridized carbons (Fsp3) is 0.368. The van der Waals surface area contributed by atoms with Crippen LogP contribution in [0.3, 0.4) is 0 Å². The SMILES string of the molecule is C[C@H](NC(=O)COC(=O)c1ccsc1)c1ccc2c(c1)CCCC2. The quantitative estimate of drug-likeness (QED) is 0.843. The fourth-order valence-corrected chi connectivity index (χ4v) is 3.61. The zero-order chi connectivity index (χ0) is 16.9. The van der Waals surface area contributed by atoms with Gasteiger partial charge in [0.05, 0.1) is 11.6 Å². The van der Waals surface area contributed by atoms with Crippen LogP contribution in [0, 0.1) is 0 Å². The van der Waals surface area contributed by atoms with Crippen LogP contribution in [-0.4, -0.2) is 18.5 Å². The molecule has 0 saturated carbocycles. The Morgan fingerprint density at radius 1 is 1.21 bits per heavy atom. The highest BCUT2D eigenvalue weighted by molar-refractivity contribution is 7.08. The number of hydrogen-bond acceptors (Lipinski definition) is 4. The molecule has 24 heavy (non-hydrogen) atoms. The molecule has 1 N–H and O–H groups in total. The van der Waals surface area contributed by atoms with Gasteiger partial charge in [-0.05, 0) is 60.7 Å². The van der Waals surface area contributed by atoms with Gasteiger partial charge in [0.1, 0.15) is 0 Å². The van der Waals surface area contributed by atoms with Gasteiger partial charge in [-0.2, -0.15) is 11.3 Å². The van der Waals surface area contributed by atoms with Crippen LogP contribution < -0.4 is 5.32 Å². The number of carbonyl (C=O) groups excluding carboxylic acids is 2. The molecule has 1 aliphatic carbocycles. The number of amides is 1. The summed E-state index contributed by atoms with van der Waals surface area (Å²) in [7, 11) is 0. The largest absolute Gasteiger partial charge is 0.452 e. The highest BCUT2D eigenvalue weighted by Crippen LogP contribution is 2.24. The lowest BCUT2D eigenvalue weighted by molar-refractivity contribution is -0.124. The van der Waals surface area contributed by atoms with Crippen molar-refractivity contribution in [3.05, 3.63) is 57.3 Å². The molecule has 1 atom stereocenters. The predicted molar refractivity (Wildman–Crippen MR) is 94.2 cm³/mol. The summed E-state index contributed by atoms with van der Waals surface area (Å²) in [6, 6.07) is 8.01. The van der Waals surface area contributed by atoms with E-state index in [0.717, 1.165) is 18.4 Å². The summed E-state index contributed by atoms with van der Waals surface area (Å²) in [5, 5.41) is 6.39. The van der Waals surface area contributed by atoms with Crippen molar-refractivity contribution in [1.29, 1.82) is 0 Å². The average molecular weight is 343 g/mol. The number of nitrogens with one attached hydrogen (secondary N) is 1. The van der Waals surface area contributed by atoms with E-state index < -0.39 is 5.97 Å². The van der Waals surface area contributed by atoms with Crippen LogP contribution in [0.2, 0.25) is 0 Å². The molecular formula is C19H21NO3S. The lowest BCUT2D eigenvalue weighted by Gasteiger charge is -2.20. The first-order chi connectivity index (χ1) is 11.6. The van der Waals surface area contributed by atoms with Crippen molar-refractivity contribution in [2.75, 3.05) is 6.61 Å². The molecule has 1 aromatic heterocycles. The van der Waals surface area contributed by atoms with E-state index in [9.17, 15) is 9.59 Å². The van der Waals surface area contributed by atoms with E-state index in [4.69, 9.17) is 4.74 Å². The minimum absolute atomic E-state index is 0.107. The molecule has 0 aliphatic heterocycles. The highest BCUT2D eigenvalue weighted by atomic mass is 32.1. The molecule has 5 heteroatoms. The van der Waals surface area contributed by atoms with Crippen molar-refractivity contribution in [2.45, 2.75) is 38.6 Å². The third-order valence-corrected chi connectivity index (χ3v) is 5.02. The van der Waals surface area contributed by atoms with E-state index >= 15 is 0 Å². The standard InChI is InChI=1S/C19H21NO3S/c1-13(15-7-6-14-4-2-3-5-16(14)10-15)20-18(21)11-23-19(22)17-8-9-24-12-17/h6-10,12-13H,2-5,11H2,1H3,(H,20,21)/t13-/m0/s1. The maximum absolute atomic E-state index is 12.0. The van der Waals surface area contributed by atoms with Crippen LogP contribution >= 0.6 is 11.3 Å². The molecule has 4 nitrogen and oxygen atoms in total. The number of ether oxygens (including phenoxy) is 1. The maximum atomic E-state index is 12.0. The predicted octanol–water partition coefficient (Wildman–Crippen LogP) is 3.66. The molecule has 3 rings (SSSR count). The number of rotatable bonds is 5. The lowest BCUT2D eigenvalue weighted by Crippen LogP contribution is -2.31. The van der Waals surface area contributed by atoms with Crippen molar-refractivity contribution >= 4 is 23.2 Å². The molecule has 0 spiro atoms. The summed E-state index contributed by atoms with van der Waals surface area (Å²) < 4.78 is 5.03.